The van der Waals surface area contributed by atoms with Crippen molar-refractivity contribution in [2.24, 2.45) is 0 Å². The second-order valence-electron chi connectivity index (χ2n) is 3.97. The molecule has 8 heteroatoms. The molecule has 0 saturated heterocycles. The molecule has 3 heterocycles. The third kappa shape index (κ3) is 3.09. The van der Waals surface area contributed by atoms with Crippen LogP contribution in [0.3, 0.4) is 0 Å². The maximum atomic E-state index is 11.9. The molecule has 0 bridgehead atoms. The van der Waals surface area contributed by atoms with E-state index in [1.807, 2.05) is 29.8 Å². The van der Waals surface area contributed by atoms with E-state index in [4.69, 9.17) is 0 Å². The zero-order valence-corrected chi connectivity index (χ0v) is 12.9. The molecule has 0 aliphatic carbocycles. The minimum Gasteiger partial charge on any atom is -0.300 e. The molecular weight excluding hydrogens is 312 g/mol. The molecule has 20 heavy (non-hydrogen) atoms. The van der Waals surface area contributed by atoms with Crippen molar-refractivity contribution in [3.05, 3.63) is 33.6 Å². The van der Waals surface area contributed by atoms with E-state index in [1.54, 1.807) is 22.7 Å². The summed E-state index contributed by atoms with van der Waals surface area (Å²) in [5, 5.41) is 16.7. The first-order chi connectivity index (χ1) is 9.70. The summed E-state index contributed by atoms with van der Waals surface area (Å²) in [6, 6.07) is 4.02. The van der Waals surface area contributed by atoms with Gasteiger partial charge in [0.1, 0.15) is 10.0 Å². The van der Waals surface area contributed by atoms with Crippen molar-refractivity contribution >= 4 is 45.0 Å². The normalized spacial score (nSPS) is 10.7. The summed E-state index contributed by atoms with van der Waals surface area (Å²) in [6.45, 7) is 1.85. The molecule has 5 nitrogen and oxygen atoms in total. The molecule has 102 valence electrons. The lowest BCUT2D eigenvalue weighted by Gasteiger charge is -1.97. The number of nitrogens with one attached hydrogen (secondary N) is 1. The molecule has 3 aromatic rings. The van der Waals surface area contributed by atoms with Crippen molar-refractivity contribution in [2.75, 3.05) is 5.32 Å². The fraction of sp³-hybridized carbons (Fsp3) is 0.167. The van der Waals surface area contributed by atoms with E-state index < -0.39 is 0 Å². The molecule has 0 spiro atoms. The molecule has 1 amide bonds. The smallest absolute Gasteiger partial charge is 0.232 e. The van der Waals surface area contributed by atoms with Crippen LogP contribution in [0.5, 0.6) is 0 Å². The number of thiazole rings is 1. The molecule has 3 aromatic heterocycles. The SMILES string of the molecule is Cc1nnc(NC(=O)Cc2csc(-c3cccs3)n2)s1. The summed E-state index contributed by atoms with van der Waals surface area (Å²) >= 11 is 4.56. The van der Waals surface area contributed by atoms with Gasteiger partial charge >= 0.3 is 0 Å². The Balaban J connectivity index is 1.64. The number of amides is 1. The van der Waals surface area contributed by atoms with E-state index in [9.17, 15) is 4.79 Å². The fourth-order valence-electron chi connectivity index (χ4n) is 1.58. The number of carbonyl (C=O) groups is 1. The average Bonchev–Trinajstić information content (AvgIpc) is 3.10. The molecular formula is C12H10N4OS3. The third-order valence-electron chi connectivity index (χ3n) is 2.40. The molecule has 0 unspecified atom stereocenters. The van der Waals surface area contributed by atoms with Gasteiger partial charge in [-0.2, -0.15) is 0 Å². The summed E-state index contributed by atoms with van der Waals surface area (Å²) in [7, 11) is 0. The monoisotopic (exact) mass is 322 g/mol. The van der Waals surface area contributed by atoms with E-state index in [-0.39, 0.29) is 12.3 Å². The van der Waals surface area contributed by atoms with Gasteiger partial charge in [0.25, 0.3) is 0 Å². The largest absolute Gasteiger partial charge is 0.300 e. The number of hydrogen-bond acceptors (Lipinski definition) is 7. The van der Waals surface area contributed by atoms with Crippen molar-refractivity contribution in [1.29, 1.82) is 0 Å². The Bertz CT molecular complexity index is 717. The van der Waals surface area contributed by atoms with Gasteiger partial charge in [-0.1, -0.05) is 17.4 Å². The molecule has 0 aliphatic rings. The summed E-state index contributed by atoms with van der Waals surface area (Å²) in [5.41, 5.74) is 0.775. The molecule has 0 radical (unpaired) electrons. The highest BCUT2D eigenvalue weighted by molar-refractivity contribution is 7.20. The Hall–Kier alpha value is -1.64. The highest BCUT2D eigenvalue weighted by Crippen LogP contribution is 2.28. The summed E-state index contributed by atoms with van der Waals surface area (Å²) in [5.74, 6) is -0.121. The molecule has 0 atom stereocenters. The number of aryl methyl sites for hydroxylation is 1. The van der Waals surface area contributed by atoms with E-state index in [0.29, 0.717) is 5.13 Å². The number of rotatable bonds is 4. The third-order valence-corrected chi connectivity index (χ3v) is 5.08. The molecule has 0 saturated carbocycles. The second kappa shape index (κ2) is 5.78. The van der Waals surface area contributed by atoms with Gasteiger partial charge in [0, 0.05) is 5.38 Å². The van der Waals surface area contributed by atoms with Crippen LogP contribution in [-0.2, 0) is 11.2 Å². The van der Waals surface area contributed by atoms with Gasteiger partial charge in [-0.05, 0) is 18.4 Å². The number of nitrogens with zero attached hydrogens (tertiary/aromatic N) is 3. The topological polar surface area (TPSA) is 67.8 Å². The molecule has 0 aromatic carbocycles. The highest BCUT2D eigenvalue weighted by atomic mass is 32.1. The lowest BCUT2D eigenvalue weighted by atomic mass is 10.3. The van der Waals surface area contributed by atoms with E-state index >= 15 is 0 Å². The molecule has 0 fully saturated rings. The van der Waals surface area contributed by atoms with Gasteiger partial charge in [-0.3, -0.25) is 4.79 Å². The van der Waals surface area contributed by atoms with E-state index in [1.165, 1.54) is 11.3 Å². The number of anilines is 1. The molecule has 0 aliphatic heterocycles. The van der Waals surface area contributed by atoms with Crippen LogP contribution in [0.25, 0.3) is 9.88 Å². The lowest BCUT2D eigenvalue weighted by molar-refractivity contribution is -0.115. The van der Waals surface area contributed by atoms with Crippen LogP contribution in [0.2, 0.25) is 0 Å². The fourth-order valence-corrected chi connectivity index (χ4v) is 3.82. The van der Waals surface area contributed by atoms with Gasteiger partial charge in [-0.15, -0.1) is 32.9 Å². The Morgan fingerprint density at radius 3 is 2.95 bits per heavy atom. The van der Waals surface area contributed by atoms with Crippen molar-refractivity contribution in [2.45, 2.75) is 13.3 Å². The number of carbonyl (C=O) groups excluding carboxylic acids is 1. The summed E-state index contributed by atoms with van der Waals surface area (Å²) < 4.78 is 0. The van der Waals surface area contributed by atoms with Crippen molar-refractivity contribution < 1.29 is 4.79 Å². The zero-order chi connectivity index (χ0) is 13.9. The van der Waals surface area contributed by atoms with Crippen molar-refractivity contribution in [3.8, 4) is 9.88 Å². The minimum absolute atomic E-state index is 0.121. The van der Waals surface area contributed by atoms with Gasteiger partial charge in [0.05, 0.1) is 17.0 Å². The quantitative estimate of drug-likeness (QED) is 0.801. The van der Waals surface area contributed by atoms with Crippen molar-refractivity contribution in [1.82, 2.24) is 15.2 Å². The standard InChI is InChI=1S/C12H10N4OS3/c1-7-15-16-12(20-7)14-10(17)5-8-6-19-11(13-8)9-3-2-4-18-9/h2-4,6H,5H2,1H3,(H,14,16,17). The molecule has 1 N–H and O–H groups in total. The summed E-state index contributed by atoms with van der Waals surface area (Å²) in [4.78, 5) is 17.5. The predicted molar refractivity (Wildman–Crippen MR) is 82.4 cm³/mol. The minimum atomic E-state index is -0.121. The number of aromatic nitrogens is 3. The van der Waals surface area contributed by atoms with E-state index in [0.717, 1.165) is 20.6 Å². The van der Waals surface area contributed by atoms with E-state index in [2.05, 4.69) is 20.5 Å². The van der Waals surface area contributed by atoms with Crippen molar-refractivity contribution in [3.63, 3.8) is 0 Å². The Labute approximate surface area is 127 Å². The van der Waals surface area contributed by atoms with Crippen LogP contribution in [0.15, 0.2) is 22.9 Å². The Morgan fingerprint density at radius 1 is 1.35 bits per heavy atom. The Kier molecular flexibility index (Phi) is 3.86. The van der Waals surface area contributed by atoms with Crippen LogP contribution in [0.1, 0.15) is 10.7 Å². The first-order valence-electron chi connectivity index (χ1n) is 5.79. The lowest BCUT2D eigenvalue weighted by Crippen LogP contribution is -2.14. The van der Waals surface area contributed by atoms with Crippen LogP contribution in [-0.4, -0.2) is 21.1 Å². The molecule has 3 rings (SSSR count). The Morgan fingerprint density at radius 2 is 2.25 bits per heavy atom. The van der Waals surface area contributed by atoms with Gasteiger partial charge in [0.2, 0.25) is 11.0 Å². The first-order valence-corrected chi connectivity index (χ1v) is 8.36. The average molecular weight is 322 g/mol. The predicted octanol–water partition coefficient (Wildman–Crippen LogP) is 3.21. The highest BCUT2D eigenvalue weighted by Gasteiger charge is 2.11. The van der Waals surface area contributed by atoms with Crippen LogP contribution in [0, 0.1) is 6.92 Å². The summed E-state index contributed by atoms with van der Waals surface area (Å²) in [6.07, 6.45) is 0.250. The number of hydrogen-bond donors (Lipinski definition) is 1. The van der Waals surface area contributed by atoms with Gasteiger partial charge < -0.3 is 5.32 Å². The van der Waals surface area contributed by atoms with Crippen LogP contribution in [0.4, 0.5) is 5.13 Å². The maximum absolute atomic E-state index is 11.9. The number of thiophene rings is 1. The van der Waals surface area contributed by atoms with Crippen LogP contribution < -0.4 is 5.32 Å². The van der Waals surface area contributed by atoms with Gasteiger partial charge in [0.15, 0.2) is 0 Å². The van der Waals surface area contributed by atoms with Gasteiger partial charge in [-0.25, -0.2) is 4.98 Å². The maximum Gasteiger partial charge on any atom is 0.232 e. The zero-order valence-electron chi connectivity index (χ0n) is 10.5. The van der Waals surface area contributed by atoms with Crippen LogP contribution >= 0.6 is 34.0 Å². The second-order valence-corrected chi connectivity index (χ2v) is 6.96. The first kappa shape index (κ1) is 13.3.